The smallest absolute Gasteiger partial charge is 0.0540 e. The lowest BCUT2D eigenvalue weighted by atomic mass is 9.82. The van der Waals surface area contributed by atoms with E-state index in [1.54, 1.807) is 0 Å². The molecule has 0 radical (unpaired) electrons. The molecule has 0 N–H and O–H groups in total. The van der Waals surface area contributed by atoms with E-state index in [0.717, 1.165) is 36.4 Å². The van der Waals surface area contributed by atoms with Gasteiger partial charge in [0.2, 0.25) is 0 Å². The number of aryl methyl sites for hydroxylation is 1. The van der Waals surface area contributed by atoms with Crippen molar-refractivity contribution in [1.82, 2.24) is 4.57 Å². The van der Waals surface area contributed by atoms with Crippen molar-refractivity contribution < 1.29 is 0 Å². The fraction of sp³-hybridized carbons (Fsp3) is 0.107. The largest absolute Gasteiger partial charge is 0.337 e. The van der Waals surface area contributed by atoms with Crippen LogP contribution in [0, 0.1) is 0 Å². The second kappa shape index (κ2) is 14.9. The summed E-state index contributed by atoms with van der Waals surface area (Å²) in [7, 11) is 0. The molecule has 2 heteroatoms. The van der Waals surface area contributed by atoms with Crippen molar-refractivity contribution in [3.8, 4) is 33.4 Å². The summed E-state index contributed by atoms with van der Waals surface area (Å²) < 4.78 is 2.46. The van der Waals surface area contributed by atoms with Gasteiger partial charge in [-0.15, -0.1) is 0 Å². The number of rotatable bonds is 10. The predicted octanol–water partition coefficient (Wildman–Crippen LogP) is 15.1. The molecule has 2 nitrogen and oxygen atoms in total. The van der Waals surface area contributed by atoms with Crippen molar-refractivity contribution in [2.24, 2.45) is 0 Å². The summed E-state index contributed by atoms with van der Waals surface area (Å²) in [6.45, 7) is 5.55. The third-order valence-electron chi connectivity index (χ3n) is 12.2. The zero-order chi connectivity index (χ0) is 39.1. The molecule has 0 aliphatic heterocycles. The molecule has 1 heterocycles. The van der Waals surface area contributed by atoms with Crippen molar-refractivity contribution in [3.63, 3.8) is 0 Å². The number of anilines is 3. The van der Waals surface area contributed by atoms with E-state index in [1.165, 1.54) is 71.9 Å². The average molecular weight is 747 g/mol. The summed E-state index contributed by atoms with van der Waals surface area (Å²) in [5.74, 6) is 0. The molecule has 0 saturated carbocycles. The highest BCUT2D eigenvalue weighted by atomic mass is 15.1. The van der Waals surface area contributed by atoms with Crippen molar-refractivity contribution in [1.29, 1.82) is 0 Å². The summed E-state index contributed by atoms with van der Waals surface area (Å²) in [6.07, 6.45) is 6.75. The molecule has 1 aliphatic rings. The highest BCUT2D eigenvalue weighted by molar-refractivity contribution is 6.09. The number of allylic oxidation sites excluding steroid dienone is 2. The van der Waals surface area contributed by atoms with Crippen LogP contribution >= 0.6 is 0 Å². The third kappa shape index (κ3) is 6.32. The molecule has 0 saturated heterocycles. The molecule has 0 bridgehead atoms. The third-order valence-corrected chi connectivity index (χ3v) is 12.2. The minimum atomic E-state index is -0.0925. The van der Waals surface area contributed by atoms with E-state index in [9.17, 15) is 0 Å². The number of para-hydroxylation sites is 3. The Morgan fingerprint density at radius 2 is 1.14 bits per heavy atom. The van der Waals surface area contributed by atoms with Crippen LogP contribution < -0.4 is 4.90 Å². The monoisotopic (exact) mass is 746 g/mol. The summed E-state index contributed by atoms with van der Waals surface area (Å²) in [5.41, 5.74) is 17.5. The summed E-state index contributed by atoms with van der Waals surface area (Å²) in [6, 6.07) is 71.2. The summed E-state index contributed by atoms with van der Waals surface area (Å²) in [4.78, 5) is 2.43. The lowest BCUT2D eigenvalue weighted by molar-refractivity contribution is 0.660. The lowest BCUT2D eigenvalue weighted by Gasteiger charge is -2.29. The molecule has 0 spiro atoms. The Labute approximate surface area is 342 Å². The summed E-state index contributed by atoms with van der Waals surface area (Å²) in [5, 5.41) is 2.58. The maximum atomic E-state index is 2.46. The van der Waals surface area contributed by atoms with Gasteiger partial charge >= 0.3 is 0 Å². The molecular formula is C56H46N2. The van der Waals surface area contributed by atoms with Crippen LogP contribution in [0.3, 0.4) is 0 Å². The number of fused-ring (bicyclic) bond motifs is 6. The van der Waals surface area contributed by atoms with Gasteiger partial charge in [-0.1, -0.05) is 166 Å². The standard InChI is InChI=1S/C56H46N2/c1-56(2)51-29-14-11-27-47(51)48-34-33-45(39-52(48)56)58(44-24-9-4-10-25-44)55-31-16-12-26-46(55)43-23-18-22-41(37-43)42-32-35-54-50(38-42)49-28-13-15-30-53(49)57(54)36-17-5-8-21-40-19-6-3-7-20-40/h3-7,9-20,22-35,37-39H,8,21,36H2,1-2H3/b17-5-. The first-order valence-electron chi connectivity index (χ1n) is 20.5. The van der Waals surface area contributed by atoms with Crippen LogP contribution in [0.5, 0.6) is 0 Å². The van der Waals surface area contributed by atoms with Gasteiger partial charge in [-0.25, -0.2) is 0 Å². The Bertz CT molecular complexity index is 2950. The first-order chi connectivity index (χ1) is 28.5. The Morgan fingerprint density at radius 1 is 0.466 bits per heavy atom. The van der Waals surface area contributed by atoms with E-state index in [0.29, 0.717) is 0 Å². The van der Waals surface area contributed by atoms with Crippen LogP contribution in [0.4, 0.5) is 17.1 Å². The van der Waals surface area contributed by atoms with Crippen LogP contribution in [0.25, 0.3) is 55.2 Å². The van der Waals surface area contributed by atoms with Crippen molar-refractivity contribution in [2.75, 3.05) is 4.90 Å². The van der Waals surface area contributed by atoms with E-state index in [1.807, 2.05) is 0 Å². The Hall–Kier alpha value is -6.90. The number of hydrogen-bond acceptors (Lipinski definition) is 1. The minimum Gasteiger partial charge on any atom is -0.337 e. The zero-order valence-electron chi connectivity index (χ0n) is 33.1. The molecule has 1 aromatic heterocycles. The molecule has 0 amide bonds. The highest BCUT2D eigenvalue weighted by Gasteiger charge is 2.35. The van der Waals surface area contributed by atoms with Crippen LogP contribution in [-0.2, 0) is 18.4 Å². The van der Waals surface area contributed by atoms with E-state index in [4.69, 9.17) is 0 Å². The van der Waals surface area contributed by atoms with Gasteiger partial charge in [0.15, 0.2) is 0 Å². The van der Waals surface area contributed by atoms with Gasteiger partial charge in [-0.05, 0) is 112 Å². The summed E-state index contributed by atoms with van der Waals surface area (Å²) >= 11 is 0. The van der Waals surface area contributed by atoms with E-state index in [-0.39, 0.29) is 5.41 Å². The maximum absolute atomic E-state index is 2.46. The maximum Gasteiger partial charge on any atom is 0.0540 e. The molecular weight excluding hydrogens is 701 g/mol. The van der Waals surface area contributed by atoms with Gasteiger partial charge in [0.05, 0.1) is 5.69 Å². The van der Waals surface area contributed by atoms with Gasteiger partial charge in [-0.2, -0.15) is 0 Å². The second-order valence-corrected chi connectivity index (χ2v) is 16.0. The molecule has 0 atom stereocenters. The van der Waals surface area contributed by atoms with E-state index < -0.39 is 0 Å². The van der Waals surface area contributed by atoms with Crippen LogP contribution in [0.15, 0.2) is 206 Å². The van der Waals surface area contributed by atoms with Gasteiger partial charge in [-0.3, -0.25) is 0 Å². The molecule has 8 aromatic carbocycles. The van der Waals surface area contributed by atoms with Gasteiger partial charge in [0.25, 0.3) is 0 Å². The van der Waals surface area contributed by atoms with E-state index >= 15 is 0 Å². The molecule has 1 aliphatic carbocycles. The highest BCUT2D eigenvalue weighted by Crippen LogP contribution is 2.51. The Balaban J connectivity index is 1.01. The molecule has 9 aromatic rings. The number of hydrogen-bond donors (Lipinski definition) is 0. The molecule has 280 valence electrons. The van der Waals surface area contributed by atoms with Crippen molar-refractivity contribution in [2.45, 2.75) is 38.6 Å². The molecule has 0 fully saturated rings. The lowest BCUT2D eigenvalue weighted by Crippen LogP contribution is -2.16. The molecule has 10 rings (SSSR count). The number of benzene rings is 8. The fourth-order valence-corrected chi connectivity index (χ4v) is 9.24. The second-order valence-electron chi connectivity index (χ2n) is 16.0. The average Bonchev–Trinajstić information content (AvgIpc) is 3.71. The van der Waals surface area contributed by atoms with Gasteiger partial charge in [0.1, 0.15) is 0 Å². The zero-order valence-corrected chi connectivity index (χ0v) is 33.1. The fourth-order valence-electron chi connectivity index (χ4n) is 9.24. The van der Waals surface area contributed by atoms with Crippen molar-refractivity contribution >= 4 is 38.9 Å². The van der Waals surface area contributed by atoms with Crippen molar-refractivity contribution in [3.05, 3.63) is 223 Å². The Kier molecular flexibility index (Phi) is 9.11. The first kappa shape index (κ1) is 35.5. The van der Waals surface area contributed by atoms with Crippen LogP contribution in [0.2, 0.25) is 0 Å². The van der Waals surface area contributed by atoms with E-state index in [2.05, 4.69) is 230 Å². The van der Waals surface area contributed by atoms with Gasteiger partial charge < -0.3 is 9.47 Å². The van der Waals surface area contributed by atoms with Crippen LogP contribution in [-0.4, -0.2) is 4.57 Å². The minimum absolute atomic E-state index is 0.0925. The Morgan fingerprint density at radius 3 is 2.00 bits per heavy atom. The molecule has 58 heavy (non-hydrogen) atoms. The quantitative estimate of drug-likeness (QED) is 0.127. The normalized spacial score (nSPS) is 12.9. The van der Waals surface area contributed by atoms with Crippen LogP contribution in [0.1, 0.15) is 37.0 Å². The molecule has 0 unspecified atom stereocenters. The predicted molar refractivity (Wildman–Crippen MR) is 246 cm³/mol. The van der Waals surface area contributed by atoms with Gasteiger partial charge in [0, 0.05) is 50.7 Å². The number of nitrogens with zero attached hydrogens (tertiary/aromatic N) is 2. The number of aromatic nitrogens is 1. The topological polar surface area (TPSA) is 8.17 Å². The first-order valence-corrected chi connectivity index (χ1v) is 20.5. The SMILES string of the molecule is CC1(C)c2ccccc2-c2ccc(N(c3ccccc3)c3ccccc3-c3cccc(-c4ccc5c(c4)c4ccccc4n5C/C=C\CCc4ccccc4)c3)cc21.